The van der Waals surface area contributed by atoms with E-state index in [-0.39, 0.29) is 12.1 Å². The van der Waals surface area contributed by atoms with Gasteiger partial charge < -0.3 is 14.5 Å². The molecule has 20 heavy (non-hydrogen) atoms. The molecule has 0 N–H and O–H groups in total. The van der Waals surface area contributed by atoms with Crippen molar-refractivity contribution in [1.29, 1.82) is 0 Å². The Labute approximate surface area is 122 Å². The Balaban J connectivity index is 1.95. The van der Waals surface area contributed by atoms with E-state index >= 15 is 0 Å². The standard InChI is InChI=1S/C16H28N2O2/c1-16(2,3)20-15(19)18-12-5-4-8-14(18)9-13-17-10-6-7-11-17/h9,13-14H,4-8,10-12H2,1-3H3/b13-9+. The van der Waals surface area contributed by atoms with Crippen LogP contribution >= 0.6 is 0 Å². The molecule has 0 spiro atoms. The normalized spacial score (nSPS) is 24.4. The Hall–Kier alpha value is -1.19. The van der Waals surface area contributed by atoms with E-state index in [0.29, 0.717) is 0 Å². The molecule has 1 unspecified atom stereocenters. The number of ether oxygens (including phenoxy) is 1. The van der Waals surface area contributed by atoms with Crippen LogP contribution in [0.2, 0.25) is 0 Å². The van der Waals surface area contributed by atoms with Gasteiger partial charge >= 0.3 is 6.09 Å². The molecule has 0 aromatic rings. The molecule has 2 rings (SSSR count). The van der Waals surface area contributed by atoms with E-state index in [1.54, 1.807) is 0 Å². The van der Waals surface area contributed by atoms with E-state index in [0.717, 1.165) is 32.5 Å². The van der Waals surface area contributed by atoms with Crippen molar-refractivity contribution < 1.29 is 9.53 Å². The number of rotatable bonds is 2. The Morgan fingerprint density at radius 1 is 1.10 bits per heavy atom. The first-order chi connectivity index (χ1) is 9.46. The fraction of sp³-hybridized carbons (Fsp3) is 0.812. The number of piperidine rings is 1. The fourth-order valence-electron chi connectivity index (χ4n) is 2.82. The summed E-state index contributed by atoms with van der Waals surface area (Å²) in [7, 11) is 0. The van der Waals surface area contributed by atoms with Crippen molar-refractivity contribution >= 4 is 6.09 Å². The lowest BCUT2D eigenvalue weighted by Crippen LogP contribution is -2.45. The van der Waals surface area contributed by atoms with Crippen molar-refractivity contribution in [3.05, 3.63) is 12.3 Å². The van der Waals surface area contributed by atoms with Crippen LogP contribution < -0.4 is 0 Å². The van der Waals surface area contributed by atoms with Gasteiger partial charge in [-0.2, -0.15) is 0 Å². The fourth-order valence-corrected chi connectivity index (χ4v) is 2.82. The summed E-state index contributed by atoms with van der Waals surface area (Å²) in [5.41, 5.74) is -0.419. The molecule has 0 aromatic carbocycles. The number of carbonyl (C=O) groups excluding carboxylic acids is 1. The molecule has 0 aromatic heterocycles. The van der Waals surface area contributed by atoms with Crippen LogP contribution in [0.25, 0.3) is 0 Å². The van der Waals surface area contributed by atoms with Crippen LogP contribution in [0.15, 0.2) is 12.3 Å². The largest absolute Gasteiger partial charge is 0.444 e. The molecular formula is C16H28N2O2. The monoisotopic (exact) mass is 280 g/mol. The lowest BCUT2D eigenvalue weighted by molar-refractivity contribution is 0.0148. The van der Waals surface area contributed by atoms with Crippen LogP contribution in [0.5, 0.6) is 0 Å². The third-order valence-electron chi connectivity index (χ3n) is 3.84. The Kier molecular flexibility index (Phi) is 4.95. The van der Waals surface area contributed by atoms with Crippen LogP contribution in [0.4, 0.5) is 4.79 Å². The van der Waals surface area contributed by atoms with Crippen LogP contribution in [-0.4, -0.2) is 47.2 Å². The van der Waals surface area contributed by atoms with Crippen molar-refractivity contribution in [1.82, 2.24) is 9.80 Å². The molecule has 1 atom stereocenters. The summed E-state index contributed by atoms with van der Waals surface area (Å²) in [6.07, 6.45) is 10.1. The van der Waals surface area contributed by atoms with Crippen LogP contribution in [0, 0.1) is 0 Å². The van der Waals surface area contributed by atoms with Crippen molar-refractivity contribution in [2.24, 2.45) is 0 Å². The molecule has 4 nitrogen and oxygen atoms in total. The number of carbonyl (C=O) groups is 1. The second-order valence-corrected chi connectivity index (χ2v) is 6.82. The zero-order chi connectivity index (χ0) is 14.6. The first-order valence-electron chi connectivity index (χ1n) is 7.88. The second kappa shape index (κ2) is 6.51. The van der Waals surface area contributed by atoms with E-state index in [4.69, 9.17) is 4.74 Å². The zero-order valence-electron chi connectivity index (χ0n) is 13.1. The second-order valence-electron chi connectivity index (χ2n) is 6.82. The van der Waals surface area contributed by atoms with E-state index in [9.17, 15) is 4.79 Å². The summed E-state index contributed by atoms with van der Waals surface area (Å²) in [6, 6.07) is 0.194. The van der Waals surface area contributed by atoms with Gasteiger partial charge in [0.2, 0.25) is 0 Å². The Bertz CT molecular complexity index is 354. The first-order valence-corrected chi connectivity index (χ1v) is 7.88. The summed E-state index contributed by atoms with van der Waals surface area (Å²) < 4.78 is 5.52. The molecule has 2 saturated heterocycles. The summed E-state index contributed by atoms with van der Waals surface area (Å²) in [6.45, 7) is 8.87. The van der Waals surface area contributed by atoms with E-state index in [2.05, 4.69) is 17.2 Å². The Morgan fingerprint density at radius 3 is 2.40 bits per heavy atom. The molecule has 2 aliphatic rings. The van der Waals surface area contributed by atoms with Crippen molar-refractivity contribution in [2.45, 2.75) is 64.5 Å². The maximum atomic E-state index is 12.3. The van der Waals surface area contributed by atoms with Gasteiger partial charge in [0, 0.05) is 19.6 Å². The quantitative estimate of drug-likeness (QED) is 0.777. The molecule has 0 saturated carbocycles. The van der Waals surface area contributed by atoms with Gasteiger partial charge in [0.05, 0.1) is 6.04 Å². The predicted molar refractivity (Wildman–Crippen MR) is 80.5 cm³/mol. The highest BCUT2D eigenvalue weighted by Gasteiger charge is 2.29. The molecule has 114 valence electrons. The average molecular weight is 280 g/mol. The Morgan fingerprint density at radius 2 is 1.75 bits per heavy atom. The zero-order valence-corrected chi connectivity index (χ0v) is 13.1. The smallest absolute Gasteiger partial charge is 0.410 e. The maximum Gasteiger partial charge on any atom is 0.410 e. The number of hydrogen-bond acceptors (Lipinski definition) is 3. The van der Waals surface area contributed by atoms with E-state index in [1.807, 2.05) is 25.7 Å². The minimum Gasteiger partial charge on any atom is -0.444 e. The van der Waals surface area contributed by atoms with Crippen molar-refractivity contribution in [3.8, 4) is 0 Å². The molecule has 2 aliphatic heterocycles. The van der Waals surface area contributed by atoms with Gasteiger partial charge in [0.25, 0.3) is 0 Å². The highest BCUT2D eigenvalue weighted by Crippen LogP contribution is 2.21. The van der Waals surface area contributed by atoms with Gasteiger partial charge in [0.15, 0.2) is 0 Å². The average Bonchev–Trinajstić information content (AvgIpc) is 2.87. The van der Waals surface area contributed by atoms with Gasteiger partial charge in [-0.25, -0.2) is 4.79 Å². The highest BCUT2D eigenvalue weighted by molar-refractivity contribution is 5.69. The van der Waals surface area contributed by atoms with Gasteiger partial charge in [-0.3, -0.25) is 0 Å². The first kappa shape index (κ1) is 15.2. The number of amides is 1. The summed E-state index contributed by atoms with van der Waals surface area (Å²) >= 11 is 0. The van der Waals surface area contributed by atoms with Gasteiger partial charge in [-0.05, 0) is 65.2 Å². The lowest BCUT2D eigenvalue weighted by Gasteiger charge is -2.35. The van der Waals surface area contributed by atoms with E-state index < -0.39 is 5.60 Å². The van der Waals surface area contributed by atoms with Crippen LogP contribution in [0.3, 0.4) is 0 Å². The third kappa shape index (κ3) is 4.43. The van der Waals surface area contributed by atoms with E-state index in [1.165, 1.54) is 19.3 Å². The minimum atomic E-state index is -0.419. The van der Waals surface area contributed by atoms with Crippen LogP contribution in [-0.2, 0) is 4.74 Å². The molecule has 4 heteroatoms. The number of nitrogens with zero attached hydrogens (tertiary/aromatic N) is 2. The third-order valence-corrected chi connectivity index (χ3v) is 3.84. The lowest BCUT2D eigenvalue weighted by atomic mass is 10.0. The maximum absolute atomic E-state index is 12.3. The molecule has 2 heterocycles. The van der Waals surface area contributed by atoms with Gasteiger partial charge in [0.1, 0.15) is 5.60 Å². The topological polar surface area (TPSA) is 32.8 Å². The molecule has 0 aliphatic carbocycles. The predicted octanol–water partition coefficient (Wildman–Crippen LogP) is 3.39. The summed E-state index contributed by atoms with van der Waals surface area (Å²) in [5, 5.41) is 0. The highest BCUT2D eigenvalue weighted by atomic mass is 16.6. The molecule has 0 radical (unpaired) electrons. The minimum absolute atomic E-state index is 0.173. The van der Waals surface area contributed by atoms with Crippen molar-refractivity contribution in [3.63, 3.8) is 0 Å². The molecule has 0 bridgehead atoms. The SMILES string of the molecule is CC(C)(C)OC(=O)N1CCCCC1/C=C/N1CCCC1. The van der Waals surface area contributed by atoms with Gasteiger partial charge in [-0.15, -0.1) is 0 Å². The van der Waals surface area contributed by atoms with Crippen LogP contribution in [0.1, 0.15) is 52.9 Å². The number of likely N-dealkylation sites (tertiary alicyclic amines) is 2. The van der Waals surface area contributed by atoms with Gasteiger partial charge in [-0.1, -0.05) is 0 Å². The number of hydrogen-bond donors (Lipinski definition) is 0. The summed E-state index contributed by atoms with van der Waals surface area (Å²) in [5.74, 6) is 0. The molecule has 1 amide bonds. The molecular weight excluding hydrogens is 252 g/mol. The molecule has 2 fully saturated rings. The summed E-state index contributed by atoms with van der Waals surface area (Å²) in [4.78, 5) is 16.5. The van der Waals surface area contributed by atoms with Crippen molar-refractivity contribution in [2.75, 3.05) is 19.6 Å².